The van der Waals surface area contributed by atoms with Crippen molar-refractivity contribution < 1.29 is 38.6 Å². The van der Waals surface area contributed by atoms with Crippen molar-refractivity contribution in [3.8, 4) is 0 Å². The van der Waals surface area contributed by atoms with Crippen molar-refractivity contribution in [2.75, 3.05) is 33.2 Å². The number of piperazine rings is 1. The Kier molecular flexibility index (Phi) is 11.0. The van der Waals surface area contributed by atoms with Crippen LogP contribution in [0.1, 0.15) is 47.5 Å². The molecule has 3 aliphatic heterocycles. The second-order valence-electron chi connectivity index (χ2n) is 11.6. The smallest absolute Gasteiger partial charge is 0.410 e. The molecule has 0 saturated carbocycles. The second-order valence-corrected chi connectivity index (χ2v) is 11.6. The van der Waals surface area contributed by atoms with Gasteiger partial charge in [-0.1, -0.05) is 48.5 Å². The number of ketones is 2. The van der Waals surface area contributed by atoms with E-state index < -0.39 is 65.2 Å². The van der Waals surface area contributed by atoms with Crippen LogP contribution >= 0.6 is 0 Å². The van der Waals surface area contributed by atoms with Crippen molar-refractivity contribution in [3.05, 3.63) is 47.6 Å². The van der Waals surface area contributed by atoms with E-state index >= 15 is 0 Å². The van der Waals surface area contributed by atoms with Gasteiger partial charge in [-0.05, 0) is 33.9 Å². The van der Waals surface area contributed by atoms with Crippen LogP contribution in [0.25, 0.3) is 0 Å². The lowest BCUT2D eigenvalue weighted by atomic mass is 9.69. The van der Waals surface area contributed by atoms with Crippen LogP contribution in [0.4, 0.5) is 4.79 Å². The number of nitrogens with one attached hydrogen (secondary N) is 1. The zero-order chi connectivity index (χ0) is 31.2. The van der Waals surface area contributed by atoms with E-state index in [2.05, 4.69) is 10.2 Å². The third-order valence-corrected chi connectivity index (χ3v) is 8.14. The van der Waals surface area contributed by atoms with Crippen molar-refractivity contribution in [1.82, 2.24) is 15.1 Å². The molecule has 2 N–H and O–H groups in total. The maximum atomic E-state index is 13.7. The fraction of sp³-hybridized carbons (Fsp3) is 0.581. The molecule has 1 aliphatic carbocycles. The summed E-state index contributed by atoms with van der Waals surface area (Å²) in [6.07, 6.45) is 7.51. The number of hydrogen-bond acceptors (Lipinski definition) is 9. The highest BCUT2D eigenvalue weighted by atomic mass is 16.6. The number of aliphatic hydroxyl groups is 1. The Balaban J connectivity index is 2.01. The van der Waals surface area contributed by atoms with E-state index in [1.54, 1.807) is 43.1 Å². The number of carbonyl (C=O) groups is 5. The van der Waals surface area contributed by atoms with Gasteiger partial charge in [0, 0.05) is 45.9 Å². The molecule has 2 fully saturated rings. The molecule has 0 spiro atoms. The predicted octanol–water partition coefficient (Wildman–Crippen LogP) is 2.11. The molecule has 4 aliphatic rings. The van der Waals surface area contributed by atoms with Crippen LogP contribution in [0.15, 0.2) is 47.6 Å². The molecule has 2 bridgehead atoms. The van der Waals surface area contributed by atoms with Gasteiger partial charge in [0.05, 0.1) is 18.1 Å². The van der Waals surface area contributed by atoms with E-state index in [1.807, 2.05) is 20.0 Å². The van der Waals surface area contributed by atoms with Gasteiger partial charge < -0.3 is 29.7 Å². The van der Waals surface area contributed by atoms with Crippen molar-refractivity contribution in [2.24, 2.45) is 11.3 Å². The number of hydrogen-bond donors (Lipinski definition) is 2. The van der Waals surface area contributed by atoms with Crippen molar-refractivity contribution in [1.29, 1.82) is 0 Å². The molecule has 3 heterocycles. The zero-order valence-electron chi connectivity index (χ0n) is 25.3. The van der Waals surface area contributed by atoms with Crippen LogP contribution in [0, 0.1) is 11.3 Å². The van der Waals surface area contributed by atoms with E-state index in [4.69, 9.17) is 9.47 Å². The van der Waals surface area contributed by atoms with Crippen molar-refractivity contribution in [2.45, 2.75) is 71.8 Å². The molecule has 6 atom stereocenters. The summed E-state index contributed by atoms with van der Waals surface area (Å²) in [5.41, 5.74) is -0.443. The van der Waals surface area contributed by atoms with Crippen LogP contribution in [-0.4, -0.2) is 102 Å². The SMILES string of the molecule is CC(=O)C(=O)NC1/C=C(C)/C=C/C(OC(=O)N2CCN(C)CC2)CC=C(C)C=CC(O)CC2OC(=O)C1(C)C(=O)C2C. The van der Waals surface area contributed by atoms with Gasteiger partial charge in [0.15, 0.2) is 5.78 Å². The minimum absolute atomic E-state index is 0.00463. The highest BCUT2D eigenvalue weighted by Gasteiger charge is 2.56. The average molecular weight is 586 g/mol. The summed E-state index contributed by atoms with van der Waals surface area (Å²) in [5, 5.41) is 13.2. The number of nitrogens with zero attached hydrogens (tertiary/aromatic N) is 2. The predicted molar refractivity (Wildman–Crippen MR) is 155 cm³/mol. The number of allylic oxidation sites excluding steroid dienone is 4. The van der Waals surface area contributed by atoms with Gasteiger partial charge >= 0.3 is 12.1 Å². The molecule has 0 aromatic heterocycles. The largest absolute Gasteiger partial charge is 0.461 e. The number of likely N-dealkylation sites (N-methyl/N-ethyl adjacent to an activating group) is 1. The number of carbonyl (C=O) groups excluding carboxylic acids is 5. The molecular weight excluding hydrogens is 542 g/mol. The third-order valence-electron chi connectivity index (χ3n) is 8.14. The lowest BCUT2D eigenvalue weighted by Crippen LogP contribution is -2.61. The van der Waals surface area contributed by atoms with Crippen LogP contribution in [0.3, 0.4) is 0 Å². The van der Waals surface area contributed by atoms with E-state index in [0.29, 0.717) is 25.1 Å². The lowest BCUT2D eigenvalue weighted by Gasteiger charge is -2.42. The maximum Gasteiger partial charge on any atom is 0.410 e. The van der Waals surface area contributed by atoms with E-state index in [0.717, 1.165) is 25.6 Å². The fourth-order valence-corrected chi connectivity index (χ4v) is 5.12. The molecular formula is C31H43N3O8. The van der Waals surface area contributed by atoms with E-state index in [1.165, 1.54) is 13.0 Å². The van der Waals surface area contributed by atoms with Gasteiger partial charge in [0.1, 0.15) is 17.6 Å². The Hall–Kier alpha value is -3.57. The van der Waals surface area contributed by atoms with Gasteiger partial charge in [-0.3, -0.25) is 19.2 Å². The number of aliphatic hydroxyl groups excluding tert-OH is 1. The van der Waals surface area contributed by atoms with E-state index in [-0.39, 0.29) is 6.42 Å². The first-order valence-corrected chi connectivity index (χ1v) is 14.3. The Morgan fingerprint density at radius 2 is 1.71 bits per heavy atom. The van der Waals surface area contributed by atoms with E-state index in [9.17, 15) is 29.1 Å². The molecule has 0 radical (unpaired) electrons. The summed E-state index contributed by atoms with van der Waals surface area (Å²) in [6, 6.07) is -1.20. The first-order chi connectivity index (χ1) is 19.7. The monoisotopic (exact) mass is 585 g/mol. The summed E-state index contributed by atoms with van der Waals surface area (Å²) < 4.78 is 11.5. The van der Waals surface area contributed by atoms with Crippen LogP contribution in [-0.2, 0) is 28.7 Å². The Bertz CT molecular complexity index is 1200. The number of esters is 1. The number of rotatable bonds is 3. The molecule has 2 saturated heterocycles. The average Bonchev–Trinajstić information content (AvgIpc) is 2.94. The molecule has 4 rings (SSSR count). The minimum Gasteiger partial charge on any atom is -0.461 e. The van der Waals surface area contributed by atoms with Crippen molar-refractivity contribution >= 4 is 29.5 Å². The zero-order valence-corrected chi connectivity index (χ0v) is 25.3. The van der Waals surface area contributed by atoms with Crippen LogP contribution in [0.5, 0.6) is 0 Å². The normalized spacial score (nSPS) is 33.5. The lowest BCUT2D eigenvalue weighted by molar-refractivity contribution is -0.181. The van der Waals surface area contributed by atoms with Crippen LogP contribution in [0.2, 0.25) is 0 Å². The third kappa shape index (κ3) is 8.04. The summed E-state index contributed by atoms with van der Waals surface area (Å²) in [4.78, 5) is 68.1. The number of fused-ring (bicyclic) bond motifs is 10. The molecule has 6 unspecified atom stereocenters. The molecule has 2 amide bonds. The maximum absolute atomic E-state index is 13.7. The Labute approximate surface area is 247 Å². The first kappa shape index (κ1) is 32.9. The van der Waals surface area contributed by atoms with Crippen LogP contribution < -0.4 is 5.32 Å². The van der Waals surface area contributed by atoms with Gasteiger partial charge in [-0.25, -0.2) is 4.79 Å². The minimum atomic E-state index is -1.82. The fourth-order valence-electron chi connectivity index (χ4n) is 5.12. The van der Waals surface area contributed by atoms with Gasteiger partial charge in [-0.2, -0.15) is 0 Å². The summed E-state index contributed by atoms with van der Waals surface area (Å²) in [7, 11) is 1.99. The molecule has 0 aromatic rings. The highest BCUT2D eigenvalue weighted by Crippen LogP contribution is 2.38. The standard InChI is InChI=1S/C31H43N3O8/c1-19-7-10-23(36)18-25-21(3)27(37)31(5,29(39)42-25)26(32-28(38)22(4)35)17-20(2)9-12-24(11-8-19)41-30(40)34-15-13-33(6)14-16-34/h7-10,12,17,21,23-26,36H,11,13-16,18H2,1-6H3,(H,32,38)/b10-7?,12-9+,19-8?,20-17+. The molecule has 11 nitrogen and oxygen atoms in total. The number of ether oxygens (including phenoxy) is 2. The van der Waals surface area contributed by atoms with Gasteiger partial charge in [-0.15, -0.1) is 0 Å². The summed E-state index contributed by atoms with van der Waals surface area (Å²) in [5.74, 6) is -3.83. The quantitative estimate of drug-likeness (QED) is 0.289. The first-order valence-electron chi connectivity index (χ1n) is 14.3. The van der Waals surface area contributed by atoms with Gasteiger partial charge in [0.25, 0.3) is 5.91 Å². The Morgan fingerprint density at radius 1 is 1.07 bits per heavy atom. The topological polar surface area (TPSA) is 143 Å². The number of Topliss-reactive ketones (excluding diaryl/α,β-unsaturated/α-hetero) is 2. The molecule has 42 heavy (non-hydrogen) atoms. The molecule has 11 heteroatoms. The molecule has 0 aromatic carbocycles. The van der Waals surface area contributed by atoms with Gasteiger partial charge in [0.2, 0.25) is 5.78 Å². The summed E-state index contributed by atoms with van der Waals surface area (Å²) in [6.45, 7) is 10.3. The van der Waals surface area contributed by atoms with Crippen molar-refractivity contribution in [3.63, 3.8) is 0 Å². The molecule has 230 valence electrons. The summed E-state index contributed by atoms with van der Waals surface area (Å²) >= 11 is 0. The Morgan fingerprint density at radius 3 is 2.36 bits per heavy atom. The second kappa shape index (κ2) is 14.1. The highest BCUT2D eigenvalue weighted by molar-refractivity contribution is 6.35. The number of amides is 2.